The standard InChI is InChI=1S/C10H23N.ClH/c1-4-7-10(11)8-9(5-2)6-3;/h9-10H,4-8,11H2,1-3H3;1H. The molecule has 0 heterocycles. The minimum absolute atomic E-state index is 0. The van der Waals surface area contributed by atoms with E-state index in [1.807, 2.05) is 0 Å². The van der Waals surface area contributed by atoms with Gasteiger partial charge in [-0.1, -0.05) is 40.0 Å². The molecule has 0 aliphatic heterocycles. The van der Waals surface area contributed by atoms with Gasteiger partial charge in [0.15, 0.2) is 0 Å². The Morgan fingerprint density at radius 2 is 1.58 bits per heavy atom. The fourth-order valence-electron chi connectivity index (χ4n) is 1.54. The van der Waals surface area contributed by atoms with Gasteiger partial charge in [0.1, 0.15) is 0 Å². The second-order valence-corrected chi connectivity index (χ2v) is 3.47. The van der Waals surface area contributed by atoms with E-state index in [-0.39, 0.29) is 12.4 Å². The molecule has 2 heteroatoms. The van der Waals surface area contributed by atoms with Gasteiger partial charge in [-0.25, -0.2) is 0 Å². The van der Waals surface area contributed by atoms with Crippen molar-refractivity contribution in [3.05, 3.63) is 0 Å². The van der Waals surface area contributed by atoms with E-state index in [9.17, 15) is 0 Å². The average Bonchev–Trinajstić information content (AvgIpc) is 2.01. The molecule has 1 atom stereocenters. The Morgan fingerprint density at radius 1 is 1.08 bits per heavy atom. The van der Waals surface area contributed by atoms with Gasteiger partial charge >= 0.3 is 0 Å². The van der Waals surface area contributed by atoms with Crippen molar-refractivity contribution in [3.8, 4) is 0 Å². The molecular weight excluding hydrogens is 170 g/mol. The molecule has 0 aliphatic rings. The molecule has 0 radical (unpaired) electrons. The van der Waals surface area contributed by atoms with Crippen LogP contribution in [-0.4, -0.2) is 6.04 Å². The fraction of sp³-hybridized carbons (Fsp3) is 1.00. The highest BCUT2D eigenvalue weighted by Crippen LogP contribution is 2.15. The molecule has 12 heavy (non-hydrogen) atoms. The van der Waals surface area contributed by atoms with Gasteiger partial charge in [0.05, 0.1) is 0 Å². The molecule has 0 aromatic carbocycles. The van der Waals surface area contributed by atoms with E-state index in [2.05, 4.69) is 20.8 Å². The second kappa shape index (κ2) is 9.34. The minimum atomic E-state index is 0. The summed E-state index contributed by atoms with van der Waals surface area (Å²) in [7, 11) is 0. The van der Waals surface area contributed by atoms with E-state index in [0.29, 0.717) is 6.04 Å². The molecule has 0 aromatic heterocycles. The van der Waals surface area contributed by atoms with Crippen LogP contribution in [-0.2, 0) is 0 Å². The number of hydrogen-bond donors (Lipinski definition) is 1. The first-order chi connectivity index (χ1) is 5.24. The van der Waals surface area contributed by atoms with Crippen LogP contribution in [0.4, 0.5) is 0 Å². The van der Waals surface area contributed by atoms with Gasteiger partial charge in [-0.3, -0.25) is 0 Å². The summed E-state index contributed by atoms with van der Waals surface area (Å²) < 4.78 is 0. The Morgan fingerprint density at radius 3 is 1.92 bits per heavy atom. The van der Waals surface area contributed by atoms with Gasteiger partial charge in [0.25, 0.3) is 0 Å². The number of rotatable bonds is 6. The van der Waals surface area contributed by atoms with Gasteiger partial charge in [-0.2, -0.15) is 0 Å². The lowest BCUT2D eigenvalue weighted by Crippen LogP contribution is -2.22. The molecule has 0 bridgehead atoms. The largest absolute Gasteiger partial charge is 0.328 e. The first kappa shape index (κ1) is 14.8. The molecule has 0 aromatic rings. The van der Waals surface area contributed by atoms with Gasteiger partial charge in [0, 0.05) is 6.04 Å². The van der Waals surface area contributed by atoms with Crippen molar-refractivity contribution < 1.29 is 0 Å². The third kappa shape index (κ3) is 6.93. The van der Waals surface area contributed by atoms with E-state index in [1.54, 1.807) is 0 Å². The highest BCUT2D eigenvalue weighted by atomic mass is 35.5. The summed E-state index contributed by atoms with van der Waals surface area (Å²) in [5.74, 6) is 0.858. The predicted molar refractivity (Wildman–Crippen MR) is 58.8 cm³/mol. The van der Waals surface area contributed by atoms with Crippen molar-refractivity contribution in [3.63, 3.8) is 0 Å². The van der Waals surface area contributed by atoms with Gasteiger partial charge < -0.3 is 5.73 Å². The maximum Gasteiger partial charge on any atom is 0.00413 e. The maximum atomic E-state index is 5.94. The van der Waals surface area contributed by atoms with Crippen molar-refractivity contribution in [2.45, 2.75) is 58.9 Å². The van der Waals surface area contributed by atoms with E-state index < -0.39 is 0 Å². The Labute approximate surface area is 83.5 Å². The molecule has 0 spiro atoms. The SMILES string of the molecule is CCCC(N)CC(CC)CC.Cl. The van der Waals surface area contributed by atoms with Crippen LogP contribution in [0.5, 0.6) is 0 Å². The van der Waals surface area contributed by atoms with E-state index in [0.717, 1.165) is 5.92 Å². The zero-order valence-corrected chi connectivity index (χ0v) is 9.49. The molecule has 1 nitrogen and oxygen atoms in total. The second-order valence-electron chi connectivity index (χ2n) is 3.47. The summed E-state index contributed by atoms with van der Waals surface area (Å²) in [5.41, 5.74) is 5.94. The van der Waals surface area contributed by atoms with E-state index in [1.165, 1.54) is 32.1 Å². The lowest BCUT2D eigenvalue weighted by Gasteiger charge is -2.17. The van der Waals surface area contributed by atoms with Crippen LogP contribution in [0.2, 0.25) is 0 Å². The van der Waals surface area contributed by atoms with Crippen LogP contribution in [0.3, 0.4) is 0 Å². The Bertz CT molecular complexity index is 81.9. The third-order valence-corrected chi connectivity index (χ3v) is 2.45. The lowest BCUT2D eigenvalue weighted by atomic mass is 9.93. The smallest absolute Gasteiger partial charge is 0.00413 e. The Balaban J connectivity index is 0. The van der Waals surface area contributed by atoms with Crippen LogP contribution >= 0.6 is 12.4 Å². The average molecular weight is 194 g/mol. The molecule has 1 unspecified atom stereocenters. The summed E-state index contributed by atoms with van der Waals surface area (Å²) in [5, 5.41) is 0. The molecule has 2 N–H and O–H groups in total. The quantitative estimate of drug-likeness (QED) is 0.688. The summed E-state index contributed by atoms with van der Waals surface area (Å²) in [4.78, 5) is 0. The molecule has 76 valence electrons. The number of hydrogen-bond acceptors (Lipinski definition) is 1. The molecule has 0 saturated heterocycles. The summed E-state index contributed by atoms with van der Waals surface area (Å²) in [6.45, 7) is 6.71. The minimum Gasteiger partial charge on any atom is -0.328 e. The van der Waals surface area contributed by atoms with E-state index >= 15 is 0 Å². The number of nitrogens with two attached hydrogens (primary N) is 1. The zero-order valence-electron chi connectivity index (χ0n) is 8.68. The number of halogens is 1. The monoisotopic (exact) mass is 193 g/mol. The topological polar surface area (TPSA) is 26.0 Å². The van der Waals surface area contributed by atoms with Crippen molar-refractivity contribution in [2.75, 3.05) is 0 Å². The lowest BCUT2D eigenvalue weighted by molar-refractivity contribution is 0.395. The van der Waals surface area contributed by atoms with Crippen molar-refractivity contribution in [2.24, 2.45) is 11.7 Å². The Hall–Kier alpha value is 0.250. The summed E-state index contributed by atoms with van der Waals surface area (Å²) in [6, 6.07) is 0.449. The molecule has 0 aliphatic carbocycles. The summed E-state index contributed by atoms with van der Waals surface area (Å²) >= 11 is 0. The summed E-state index contributed by atoms with van der Waals surface area (Å²) in [6.07, 6.45) is 6.21. The third-order valence-electron chi connectivity index (χ3n) is 2.45. The molecule has 0 rings (SSSR count). The first-order valence-electron chi connectivity index (χ1n) is 5.00. The van der Waals surface area contributed by atoms with Gasteiger partial charge in [-0.15, -0.1) is 12.4 Å². The van der Waals surface area contributed by atoms with E-state index in [4.69, 9.17) is 5.73 Å². The van der Waals surface area contributed by atoms with Crippen LogP contribution in [0.25, 0.3) is 0 Å². The highest BCUT2D eigenvalue weighted by molar-refractivity contribution is 5.85. The van der Waals surface area contributed by atoms with Crippen molar-refractivity contribution in [1.82, 2.24) is 0 Å². The van der Waals surface area contributed by atoms with Crippen molar-refractivity contribution >= 4 is 12.4 Å². The highest BCUT2D eigenvalue weighted by Gasteiger charge is 2.08. The zero-order chi connectivity index (χ0) is 8.69. The van der Waals surface area contributed by atoms with Crippen LogP contribution in [0.1, 0.15) is 52.9 Å². The van der Waals surface area contributed by atoms with Crippen LogP contribution in [0, 0.1) is 5.92 Å². The molecular formula is C10H24ClN. The van der Waals surface area contributed by atoms with Crippen molar-refractivity contribution in [1.29, 1.82) is 0 Å². The first-order valence-corrected chi connectivity index (χ1v) is 5.00. The Kier molecular flexibility index (Phi) is 11.5. The molecule has 0 fully saturated rings. The van der Waals surface area contributed by atoms with Gasteiger partial charge in [-0.05, 0) is 18.8 Å². The molecule has 0 amide bonds. The predicted octanol–water partition coefficient (Wildman–Crippen LogP) is 3.36. The fourth-order valence-corrected chi connectivity index (χ4v) is 1.54. The van der Waals surface area contributed by atoms with Crippen LogP contribution in [0.15, 0.2) is 0 Å². The molecule has 0 saturated carbocycles. The van der Waals surface area contributed by atoms with Gasteiger partial charge in [0.2, 0.25) is 0 Å². The normalized spacial score (nSPS) is 12.8. The van der Waals surface area contributed by atoms with Crippen LogP contribution < -0.4 is 5.73 Å². The maximum absolute atomic E-state index is 5.94.